The van der Waals surface area contributed by atoms with Gasteiger partial charge < -0.3 is 10.5 Å². The van der Waals surface area contributed by atoms with Gasteiger partial charge in [0.2, 0.25) is 0 Å². The predicted octanol–water partition coefficient (Wildman–Crippen LogP) is 3.52. The first-order valence-corrected chi connectivity index (χ1v) is 7.76. The SMILES string of the molecule is CCc1cccc(OCCc2ncc(C(C)(C)N)s2)c1. The van der Waals surface area contributed by atoms with Crippen molar-refractivity contribution in [3.63, 3.8) is 0 Å². The molecule has 2 N–H and O–H groups in total. The number of nitrogens with zero attached hydrogens (tertiary/aromatic N) is 1. The van der Waals surface area contributed by atoms with Gasteiger partial charge in [0, 0.05) is 23.0 Å². The van der Waals surface area contributed by atoms with Crippen molar-refractivity contribution in [2.75, 3.05) is 6.61 Å². The molecule has 0 amide bonds. The van der Waals surface area contributed by atoms with Gasteiger partial charge in [-0.1, -0.05) is 19.1 Å². The van der Waals surface area contributed by atoms with Crippen molar-refractivity contribution in [1.82, 2.24) is 4.98 Å². The van der Waals surface area contributed by atoms with Crippen LogP contribution in [0.15, 0.2) is 30.5 Å². The summed E-state index contributed by atoms with van der Waals surface area (Å²) >= 11 is 1.67. The molecule has 0 atom stereocenters. The molecular formula is C16H22N2OS. The molecule has 20 heavy (non-hydrogen) atoms. The summed E-state index contributed by atoms with van der Waals surface area (Å²) in [7, 11) is 0. The third kappa shape index (κ3) is 4.05. The summed E-state index contributed by atoms with van der Waals surface area (Å²) in [4.78, 5) is 5.52. The maximum atomic E-state index is 6.06. The largest absolute Gasteiger partial charge is 0.493 e. The quantitative estimate of drug-likeness (QED) is 0.885. The molecule has 0 saturated carbocycles. The summed E-state index contributed by atoms with van der Waals surface area (Å²) in [6, 6.07) is 8.24. The number of aromatic nitrogens is 1. The molecule has 3 nitrogen and oxygen atoms in total. The van der Waals surface area contributed by atoms with Gasteiger partial charge in [0.25, 0.3) is 0 Å². The molecule has 2 aromatic rings. The van der Waals surface area contributed by atoms with Crippen LogP contribution in [0.2, 0.25) is 0 Å². The average molecular weight is 290 g/mol. The van der Waals surface area contributed by atoms with Crippen LogP contribution in [0.3, 0.4) is 0 Å². The Hall–Kier alpha value is -1.39. The second-order valence-corrected chi connectivity index (χ2v) is 6.55. The molecule has 4 heteroatoms. The van der Waals surface area contributed by atoms with Gasteiger partial charge >= 0.3 is 0 Å². The van der Waals surface area contributed by atoms with Gasteiger partial charge in [-0.2, -0.15) is 0 Å². The van der Waals surface area contributed by atoms with Gasteiger partial charge in [-0.25, -0.2) is 4.98 Å². The maximum Gasteiger partial charge on any atom is 0.119 e. The average Bonchev–Trinajstić information content (AvgIpc) is 2.88. The minimum Gasteiger partial charge on any atom is -0.493 e. The Labute approximate surface area is 124 Å². The van der Waals surface area contributed by atoms with E-state index in [4.69, 9.17) is 10.5 Å². The molecule has 0 unspecified atom stereocenters. The van der Waals surface area contributed by atoms with Crippen LogP contribution >= 0.6 is 11.3 Å². The second kappa shape index (κ2) is 6.37. The highest BCUT2D eigenvalue weighted by atomic mass is 32.1. The fraction of sp³-hybridized carbons (Fsp3) is 0.438. The van der Waals surface area contributed by atoms with E-state index in [2.05, 4.69) is 24.0 Å². The highest BCUT2D eigenvalue weighted by Gasteiger charge is 2.17. The molecule has 108 valence electrons. The minimum atomic E-state index is -0.313. The molecule has 0 aliphatic heterocycles. The number of hydrogen-bond acceptors (Lipinski definition) is 4. The molecule has 0 saturated heterocycles. The van der Waals surface area contributed by atoms with Gasteiger partial charge in [0.15, 0.2) is 0 Å². The van der Waals surface area contributed by atoms with Gasteiger partial charge in [-0.05, 0) is 38.0 Å². The third-order valence-corrected chi connectivity index (χ3v) is 4.48. The zero-order valence-corrected chi connectivity index (χ0v) is 13.2. The van der Waals surface area contributed by atoms with Gasteiger partial charge in [-0.15, -0.1) is 11.3 Å². The first-order valence-electron chi connectivity index (χ1n) is 6.95. The fourth-order valence-electron chi connectivity index (χ4n) is 1.84. The van der Waals surface area contributed by atoms with Gasteiger partial charge in [0.05, 0.1) is 11.6 Å². The van der Waals surface area contributed by atoms with Crippen molar-refractivity contribution >= 4 is 11.3 Å². The first-order chi connectivity index (χ1) is 9.49. The summed E-state index contributed by atoms with van der Waals surface area (Å²) in [6.45, 7) is 6.78. The van der Waals surface area contributed by atoms with Crippen molar-refractivity contribution < 1.29 is 4.74 Å². The Morgan fingerprint density at radius 1 is 1.35 bits per heavy atom. The Bertz CT molecular complexity index is 558. The lowest BCUT2D eigenvalue weighted by molar-refractivity contribution is 0.321. The molecule has 1 aromatic heterocycles. The number of thiazole rings is 1. The number of aryl methyl sites for hydroxylation is 1. The molecule has 1 aromatic carbocycles. The maximum absolute atomic E-state index is 6.06. The molecule has 2 rings (SSSR count). The first kappa shape index (κ1) is 15.0. The summed E-state index contributed by atoms with van der Waals surface area (Å²) in [5.74, 6) is 0.931. The van der Waals surface area contributed by atoms with E-state index >= 15 is 0 Å². The summed E-state index contributed by atoms with van der Waals surface area (Å²) in [5, 5.41) is 1.07. The van der Waals surface area contributed by atoms with Crippen LogP contribution in [0, 0.1) is 0 Å². The van der Waals surface area contributed by atoms with E-state index in [0.29, 0.717) is 6.61 Å². The lowest BCUT2D eigenvalue weighted by Gasteiger charge is -2.14. The van der Waals surface area contributed by atoms with Crippen LogP contribution in [0.4, 0.5) is 0 Å². The van der Waals surface area contributed by atoms with E-state index in [0.717, 1.165) is 28.5 Å². The molecule has 0 spiro atoms. The summed E-state index contributed by atoms with van der Waals surface area (Å²) in [6.07, 6.45) is 3.72. The molecule has 1 heterocycles. The van der Waals surface area contributed by atoms with E-state index in [9.17, 15) is 0 Å². The van der Waals surface area contributed by atoms with Crippen LogP contribution in [-0.4, -0.2) is 11.6 Å². The molecule has 0 fully saturated rings. The van der Waals surface area contributed by atoms with Crippen LogP contribution in [0.25, 0.3) is 0 Å². The Kier molecular flexibility index (Phi) is 4.78. The number of ether oxygens (including phenoxy) is 1. The van der Waals surface area contributed by atoms with Crippen LogP contribution in [-0.2, 0) is 18.4 Å². The van der Waals surface area contributed by atoms with Crippen LogP contribution < -0.4 is 10.5 Å². The number of nitrogens with two attached hydrogens (primary N) is 1. The second-order valence-electron chi connectivity index (χ2n) is 5.44. The monoisotopic (exact) mass is 290 g/mol. The lowest BCUT2D eigenvalue weighted by Crippen LogP contribution is -2.27. The van der Waals surface area contributed by atoms with E-state index < -0.39 is 0 Å². The summed E-state index contributed by atoms with van der Waals surface area (Å²) < 4.78 is 5.78. The normalized spacial score (nSPS) is 11.6. The Morgan fingerprint density at radius 3 is 2.80 bits per heavy atom. The lowest BCUT2D eigenvalue weighted by atomic mass is 10.1. The van der Waals surface area contributed by atoms with Crippen molar-refractivity contribution in [3.8, 4) is 5.75 Å². The summed E-state index contributed by atoms with van der Waals surface area (Å²) in [5.41, 5.74) is 7.04. The van der Waals surface area contributed by atoms with Crippen LogP contribution in [0.5, 0.6) is 5.75 Å². The van der Waals surface area contributed by atoms with Gasteiger partial charge in [0.1, 0.15) is 5.75 Å². The van der Waals surface area contributed by atoms with Crippen molar-refractivity contribution in [2.24, 2.45) is 5.73 Å². The zero-order valence-electron chi connectivity index (χ0n) is 12.3. The van der Waals surface area contributed by atoms with Crippen molar-refractivity contribution in [2.45, 2.75) is 39.2 Å². The molecule has 0 bridgehead atoms. The molecule has 0 aliphatic carbocycles. The number of rotatable bonds is 6. The van der Waals surface area contributed by atoms with Gasteiger partial charge in [-0.3, -0.25) is 0 Å². The Morgan fingerprint density at radius 2 is 2.15 bits per heavy atom. The highest BCUT2D eigenvalue weighted by molar-refractivity contribution is 7.11. The van der Waals surface area contributed by atoms with Crippen LogP contribution in [0.1, 0.15) is 36.2 Å². The fourth-order valence-corrected chi connectivity index (χ4v) is 2.75. The third-order valence-electron chi connectivity index (χ3n) is 3.08. The van der Waals surface area contributed by atoms with Crippen molar-refractivity contribution in [3.05, 3.63) is 45.9 Å². The number of benzene rings is 1. The van der Waals surface area contributed by atoms with Crippen molar-refractivity contribution in [1.29, 1.82) is 0 Å². The van der Waals surface area contributed by atoms with E-state index in [-0.39, 0.29) is 5.54 Å². The van der Waals surface area contributed by atoms with E-state index in [1.54, 1.807) is 11.3 Å². The molecule has 0 radical (unpaired) electrons. The van der Waals surface area contributed by atoms with E-state index in [1.807, 2.05) is 32.2 Å². The molecule has 0 aliphatic rings. The smallest absolute Gasteiger partial charge is 0.119 e. The topological polar surface area (TPSA) is 48.1 Å². The standard InChI is InChI=1S/C16H22N2OS/c1-4-12-6-5-7-13(10-12)19-9-8-15-18-11-14(20-15)16(2,3)17/h5-7,10-11H,4,8-9,17H2,1-3H3. The molecular weight excluding hydrogens is 268 g/mol. The zero-order chi connectivity index (χ0) is 14.6. The highest BCUT2D eigenvalue weighted by Crippen LogP contribution is 2.24. The minimum absolute atomic E-state index is 0.313. The Balaban J connectivity index is 1.88. The van der Waals surface area contributed by atoms with E-state index in [1.165, 1.54) is 5.56 Å². The number of hydrogen-bond donors (Lipinski definition) is 1. The predicted molar refractivity (Wildman–Crippen MR) is 84.3 cm³/mol.